The first-order chi connectivity index (χ1) is 6.90. The molecule has 0 spiro atoms. The smallest absolute Gasteiger partial charge is 0.117 e. The quantitative estimate of drug-likeness (QED) is 0.831. The molecule has 2 nitrogen and oxygen atoms in total. The van der Waals surface area contributed by atoms with Gasteiger partial charge in [-0.15, -0.1) is 11.3 Å². The molecule has 0 aliphatic heterocycles. The van der Waals surface area contributed by atoms with Crippen molar-refractivity contribution in [1.29, 1.82) is 0 Å². The molecule has 2 aromatic rings. The molecule has 0 atom stereocenters. The van der Waals surface area contributed by atoms with Crippen molar-refractivity contribution in [2.45, 2.75) is 0 Å². The second kappa shape index (κ2) is 4.35. The summed E-state index contributed by atoms with van der Waals surface area (Å²) >= 11 is 1.72. The van der Waals surface area contributed by atoms with E-state index in [1.54, 1.807) is 11.3 Å². The zero-order valence-corrected chi connectivity index (χ0v) is 8.84. The zero-order valence-electron chi connectivity index (χ0n) is 8.03. The molecular formula is C11H12N2S. The van der Waals surface area contributed by atoms with E-state index in [9.17, 15) is 0 Å². The van der Waals surface area contributed by atoms with Crippen molar-refractivity contribution in [2.75, 3.05) is 13.6 Å². The molecule has 14 heavy (non-hydrogen) atoms. The lowest BCUT2D eigenvalue weighted by Gasteiger charge is -1.85. The van der Waals surface area contributed by atoms with Crippen molar-refractivity contribution in [2.24, 2.45) is 0 Å². The van der Waals surface area contributed by atoms with Crippen LogP contribution in [-0.4, -0.2) is 18.6 Å². The molecule has 1 heterocycles. The first kappa shape index (κ1) is 9.37. The average molecular weight is 204 g/mol. The maximum absolute atomic E-state index is 4.49. The van der Waals surface area contributed by atoms with Crippen molar-refractivity contribution in [3.05, 3.63) is 35.3 Å². The fraction of sp³-hybridized carbons (Fsp3) is 0.182. The topological polar surface area (TPSA) is 24.9 Å². The van der Waals surface area contributed by atoms with E-state index in [-0.39, 0.29) is 0 Å². The summed E-state index contributed by atoms with van der Waals surface area (Å²) in [6, 6.07) is 8.20. The third-order valence-corrected chi connectivity index (χ3v) is 2.89. The van der Waals surface area contributed by atoms with Crippen molar-refractivity contribution < 1.29 is 0 Å². The number of rotatable bonds is 3. The van der Waals surface area contributed by atoms with E-state index in [1.807, 2.05) is 25.2 Å². The molecule has 3 heteroatoms. The molecule has 2 rings (SSSR count). The predicted molar refractivity (Wildman–Crippen MR) is 62.6 cm³/mol. The second-order valence-corrected chi connectivity index (χ2v) is 4.04. The minimum absolute atomic E-state index is 0.885. The Bertz CT molecular complexity index is 412. The molecule has 0 aliphatic rings. The van der Waals surface area contributed by atoms with Crippen LogP contribution in [0, 0.1) is 0 Å². The van der Waals surface area contributed by atoms with Crippen LogP contribution >= 0.6 is 11.3 Å². The number of fused-ring (bicyclic) bond motifs is 1. The lowest BCUT2D eigenvalue weighted by Crippen LogP contribution is -2.03. The molecule has 0 bridgehead atoms. The molecule has 1 aromatic carbocycles. The second-order valence-electron chi connectivity index (χ2n) is 2.98. The first-order valence-corrected chi connectivity index (χ1v) is 5.38. The molecule has 0 saturated carbocycles. The van der Waals surface area contributed by atoms with Gasteiger partial charge in [0.1, 0.15) is 5.01 Å². The summed E-state index contributed by atoms with van der Waals surface area (Å²) in [6.07, 6.45) is 4.14. The summed E-state index contributed by atoms with van der Waals surface area (Å²) in [6.45, 7) is 0.885. The van der Waals surface area contributed by atoms with Crippen molar-refractivity contribution in [3.63, 3.8) is 0 Å². The molecule has 0 aliphatic carbocycles. The van der Waals surface area contributed by atoms with E-state index in [0.717, 1.165) is 17.1 Å². The van der Waals surface area contributed by atoms with Gasteiger partial charge in [0.05, 0.1) is 10.2 Å². The Morgan fingerprint density at radius 1 is 1.43 bits per heavy atom. The number of hydrogen-bond acceptors (Lipinski definition) is 3. The fourth-order valence-electron chi connectivity index (χ4n) is 1.24. The van der Waals surface area contributed by atoms with Gasteiger partial charge in [-0.3, -0.25) is 0 Å². The van der Waals surface area contributed by atoms with Crippen LogP contribution in [0.25, 0.3) is 16.3 Å². The summed E-state index contributed by atoms with van der Waals surface area (Å²) in [4.78, 5) is 4.49. The SMILES string of the molecule is CNCC=Cc1nc2ccccc2s1. The number of thiazole rings is 1. The van der Waals surface area contributed by atoms with Gasteiger partial charge in [-0.1, -0.05) is 18.2 Å². The number of nitrogens with one attached hydrogen (secondary N) is 1. The van der Waals surface area contributed by atoms with E-state index in [2.05, 4.69) is 28.5 Å². The number of likely N-dealkylation sites (N-methyl/N-ethyl adjacent to an activating group) is 1. The highest BCUT2D eigenvalue weighted by atomic mass is 32.1. The van der Waals surface area contributed by atoms with Gasteiger partial charge in [0.2, 0.25) is 0 Å². The molecule has 0 amide bonds. The Balaban J connectivity index is 2.27. The molecule has 1 aromatic heterocycles. The van der Waals surface area contributed by atoms with Gasteiger partial charge in [0.15, 0.2) is 0 Å². The van der Waals surface area contributed by atoms with Crippen molar-refractivity contribution in [1.82, 2.24) is 10.3 Å². The van der Waals surface area contributed by atoms with Gasteiger partial charge in [-0.2, -0.15) is 0 Å². The number of para-hydroxylation sites is 1. The zero-order chi connectivity index (χ0) is 9.80. The van der Waals surface area contributed by atoms with Crippen LogP contribution in [0.3, 0.4) is 0 Å². The normalized spacial score (nSPS) is 11.5. The third-order valence-electron chi connectivity index (χ3n) is 1.89. The third kappa shape index (κ3) is 2.00. The van der Waals surface area contributed by atoms with Crippen molar-refractivity contribution >= 4 is 27.6 Å². The van der Waals surface area contributed by atoms with Gasteiger partial charge >= 0.3 is 0 Å². The Labute approximate surface area is 87.3 Å². The summed E-state index contributed by atoms with van der Waals surface area (Å²) in [7, 11) is 1.93. The Morgan fingerprint density at radius 3 is 3.07 bits per heavy atom. The maximum Gasteiger partial charge on any atom is 0.117 e. The van der Waals surface area contributed by atoms with Gasteiger partial charge in [0, 0.05) is 6.54 Å². The van der Waals surface area contributed by atoms with Gasteiger partial charge < -0.3 is 5.32 Å². The van der Waals surface area contributed by atoms with Crippen LogP contribution < -0.4 is 5.32 Å². The molecule has 0 radical (unpaired) electrons. The standard InChI is InChI=1S/C11H12N2S/c1-12-8-4-7-11-13-9-5-2-3-6-10(9)14-11/h2-7,12H,8H2,1H3. The maximum atomic E-state index is 4.49. The molecule has 1 N–H and O–H groups in total. The number of aromatic nitrogens is 1. The fourth-order valence-corrected chi connectivity index (χ4v) is 2.14. The number of hydrogen-bond donors (Lipinski definition) is 1. The minimum atomic E-state index is 0.885. The predicted octanol–water partition coefficient (Wildman–Crippen LogP) is 2.53. The highest BCUT2D eigenvalue weighted by Gasteiger charge is 1.98. The van der Waals surface area contributed by atoms with Crippen LogP contribution in [0.5, 0.6) is 0 Å². The molecular weight excluding hydrogens is 192 g/mol. The molecule has 72 valence electrons. The first-order valence-electron chi connectivity index (χ1n) is 4.57. The summed E-state index contributed by atoms with van der Waals surface area (Å²) in [5, 5.41) is 4.13. The summed E-state index contributed by atoms with van der Waals surface area (Å²) < 4.78 is 1.25. The highest BCUT2D eigenvalue weighted by molar-refractivity contribution is 7.19. The van der Waals surface area contributed by atoms with Crippen LogP contribution in [-0.2, 0) is 0 Å². The van der Waals surface area contributed by atoms with Crippen molar-refractivity contribution in [3.8, 4) is 0 Å². The molecule has 0 fully saturated rings. The van der Waals surface area contributed by atoms with Gasteiger partial charge in [0.25, 0.3) is 0 Å². The molecule has 0 unspecified atom stereocenters. The average Bonchev–Trinajstić information content (AvgIpc) is 2.60. The van der Waals surface area contributed by atoms with E-state index in [0.29, 0.717) is 0 Å². The van der Waals surface area contributed by atoms with E-state index in [4.69, 9.17) is 0 Å². The monoisotopic (exact) mass is 204 g/mol. The van der Waals surface area contributed by atoms with E-state index >= 15 is 0 Å². The Kier molecular flexibility index (Phi) is 2.91. The lowest BCUT2D eigenvalue weighted by atomic mass is 10.3. The van der Waals surface area contributed by atoms with E-state index < -0.39 is 0 Å². The summed E-state index contributed by atoms with van der Waals surface area (Å²) in [5.41, 5.74) is 1.08. The summed E-state index contributed by atoms with van der Waals surface area (Å²) in [5.74, 6) is 0. The highest BCUT2D eigenvalue weighted by Crippen LogP contribution is 2.22. The van der Waals surface area contributed by atoms with Crippen LogP contribution in [0.15, 0.2) is 30.3 Å². The Morgan fingerprint density at radius 2 is 2.29 bits per heavy atom. The van der Waals surface area contributed by atoms with Gasteiger partial charge in [-0.25, -0.2) is 4.98 Å². The Hall–Kier alpha value is -1.19. The van der Waals surface area contributed by atoms with Gasteiger partial charge in [-0.05, 0) is 25.3 Å². The largest absolute Gasteiger partial charge is 0.316 e. The van der Waals surface area contributed by atoms with Crippen LogP contribution in [0.2, 0.25) is 0 Å². The number of benzene rings is 1. The van der Waals surface area contributed by atoms with E-state index in [1.165, 1.54) is 4.70 Å². The lowest BCUT2D eigenvalue weighted by molar-refractivity contribution is 0.922. The number of nitrogens with zero attached hydrogens (tertiary/aromatic N) is 1. The minimum Gasteiger partial charge on any atom is -0.316 e. The van der Waals surface area contributed by atoms with Crippen LogP contribution in [0.1, 0.15) is 5.01 Å². The molecule has 0 saturated heterocycles. The van der Waals surface area contributed by atoms with Crippen LogP contribution in [0.4, 0.5) is 0 Å².